The predicted octanol–water partition coefficient (Wildman–Crippen LogP) is 4.42. The number of nitrogens with one attached hydrogen (secondary N) is 3. The molecule has 0 aliphatic carbocycles. The van der Waals surface area contributed by atoms with Crippen molar-refractivity contribution in [3.05, 3.63) is 75.4 Å². The summed E-state index contributed by atoms with van der Waals surface area (Å²) in [6, 6.07) is 13.9. The van der Waals surface area contributed by atoms with Gasteiger partial charge in [-0.05, 0) is 43.4 Å². The summed E-state index contributed by atoms with van der Waals surface area (Å²) in [5.41, 5.74) is 2.45. The lowest BCUT2D eigenvalue weighted by molar-refractivity contribution is -0.113. The van der Waals surface area contributed by atoms with Crippen LogP contribution < -0.4 is 16.0 Å². The van der Waals surface area contributed by atoms with E-state index < -0.39 is 6.04 Å². The number of halogens is 2. The first-order valence-electron chi connectivity index (χ1n) is 7.56. The molecule has 7 heteroatoms. The molecule has 1 aliphatic rings. The molecule has 0 aromatic heterocycles. The summed E-state index contributed by atoms with van der Waals surface area (Å²) in [7, 11) is 0. The molecule has 0 saturated carbocycles. The van der Waals surface area contributed by atoms with E-state index >= 15 is 0 Å². The van der Waals surface area contributed by atoms with E-state index in [2.05, 4.69) is 16.0 Å². The van der Waals surface area contributed by atoms with Crippen LogP contribution in [0.2, 0.25) is 10.0 Å². The molecule has 2 aromatic carbocycles. The molecule has 1 amide bonds. The second-order valence-electron chi connectivity index (χ2n) is 5.53. The number of rotatable bonds is 3. The van der Waals surface area contributed by atoms with Gasteiger partial charge in [-0.3, -0.25) is 4.79 Å². The van der Waals surface area contributed by atoms with Crippen molar-refractivity contribution in [1.82, 2.24) is 10.6 Å². The molecule has 4 nitrogen and oxygen atoms in total. The summed E-state index contributed by atoms with van der Waals surface area (Å²) in [4.78, 5) is 12.9. The summed E-state index contributed by atoms with van der Waals surface area (Å²) in [6.45, 7) is 1.80. The monoisotopic (exact) mass is 391 g/mol. The molecule has 0 fully saturated rings. The fourth-order valence-corrected chi connectivity index (χ4v) is 3.60. The molecule has 0 radical (unpaired) electrons. The second-order valence-corrected chi connectivity index (χ2v) is 6.75. The standard InChI is InChI=1S/C18H15Cl2N3OS/c1-10-14(17(24)22-11-6-3-2-4-7-11)16(23-18(25)21-10)15-12(19)8-5-9-13(15)20/h2-9,16H,1H3,(H,22,24)(H2,21,23,25)/t16-/m1/s1. The third-order valence-electron chi connectivity index (χ3n) is 3.83. The third kappa shape index (κ3) is 3.79. The zero-order valence-electron chi connectivity index (χ0n) is 13.3. The number of carbonyl (C=O) groups excluding carboxylic acids is 1. The van der Waals surface area contributed by atoms with E-state index in [9.17, 15) is 4.79 Å². The van der Waals surface area contributed by atoms with E-state index in [1.807, 2.05) is 30.3 Å². The Balaban J connectivity index is 2.02. The Labute approximate surface area is 161 Å². The minimum absolute atomic E-state index is 0.257. The van der Waals surface area contributed by atoms with Crippen molar-refractivity contribution in [1.29, 1.82) is 0 Å². The zero-order valence-corrected chi connectivity index (χ0v) is 15.6. The van der Waals surface area contributed by atoms with Crippen LogP contribution in [0.25, 0.3) is 0 Å². The fourth-order valence-electron chi connectivity index (χ4n) is 2.72. The lowest BCUT2D eigenvalue weighted by Crippen LogP contribution is -2.46. The van der Waals surface area contributed by atoms with Crippen molar-refractivity contribution in [2.75, 3.05) is 5.32 Å². The molecular weight excluding hydrogens is 377 g/mol. The van der Waals surface area contributed by atoms with Crippen LogP contribution >= 0.6 is 35.4 Å². The smallest absolute Gasteiger partial charge is 0.255 e. The van der Waals surface area contributed by atoms with Gasteiger partial charge < -0.3 is 16.0 Å². The fraction of sp³-hybridized carbons (Fsp3) is 0.111. The van der Waals surface area contributed by atoms with Gasteiger partial charge in [0, 0.05) is 27.0 Å². The molecule has 0 bridgehead atoms. The number of anilines is 1. The number of allylic oxidation sites excluding steroid dienone is 1. The Morgan fingerprint density at radius 3 is 2.36 bits per heavy atom. The Hall–Kier alpha value is -2.08. The molecule has 128 valence electrons. The van der Waals surface area contributed by atoms with E-state index in [0.29, 0.717) is 37.7 Å². The van der Waals surface area contributed by atoms with Crippen LogP contribution in [0.15, 0.2) is 59.8 Å². The number of para-hydroxylation sites is 1. The highest BCUT2D eigenvalue weighted by atomic mass is 35.5. The molecular formula is C18H15Cl2N3OS. The van der Waals surface area contributed by atoms with Crippen LogP contribution in [0.1, 0.15) is 18.5 Å². The second kappa shape index (κ2) is 7.44. The van der Waals surface area contributed by atoms with E-state index in [4.69, 9.17) is 35.4 Å². The van der Waals surface area contributed by atoms with Crippen LogP contribution in [-0.4, -0.2) is 11.0 Å². The van der Waals surface area contributed by atoms with Crippen LogP contribution in [0, 0.1) is 0 Å². The molecule has 0 unspecified atom stereocenters. The van der Waals surface area contributed by atoms with E-state index in [1.165, 1.54) is 0 Å². The minimum atomic E-state index is -0.543. The van der Waals surface area contributed by atoms with Crippen molar-refractivity contribution >= 4 is 52.1 Å². The van der Waals surface area contributed by atoms with E-state index in [0.717, 1.165) is 0 Å². The van der Waals surface area contributed by atoms with Gasteiger partial charge in [0.05, 0.1) is 11.6 Å². The van der Waals surface area contributed by atoms with Gasteiger partial charge in [0.2, 0.25) is 0 Å². The number of amides is 1. The minimum Gasteiger partial charge on any atom is -0.351 e. The van der Waals surface area contributed by atoms with Gasteiger partial charge in [0.15, 0.2) is 5.11 Å². The van der Waals surface area contributed by atoms with E-state index in [-0.39, 0.29) is 5.91 Å². The highest BCUT2D eigenvalue weighted by Gasteiger charge is 2.32. The van der Waals surface area contributed by atoms with Gasteiger partial charge in [0.25, 0.3) is 5.91 Å². The normalized spacial score (nSPS) is 16.9. The van der Waals surface area contributed by atoms with Gasteiger partial charge in [-0.15, -0.1) is 0 Å². The molecule has 1 heterocycles. The summed E-state index contributed by atoms with van der Waals surface area (Å²) in [6.07, 6.45) is 0. The first-order chi connectivity index (χ1) is 12.0. The predicted molar refractivity (Wildman–Crippen MR) is 106 cm³/mol. The van der Waals surface area contributed by atoms with Gasteiger partial charge in [-0.1, -0.05) is 47.5 Å². The SMILES string of the molecule is CC1=C(C(=O)Nc2ccccc2)[C@H](c2c(Cl)cccc2Cl)NC(=S)N1. The maximum Gasteiger partial charge on any atom is 0.255 e. The van der Waals surface area contributed by atoms with Crippen LogP contribution in [0.3, 0.4) is 0 Å². The maximum atomic E-state index is 12.9. The van der Waals surface area contributed by atoms with Gasteiger partial charge in [-0.2, -0.15) is 0 Å². The maximum absolute atomic E-state index is 12.9. The highest BCUT2D eigenvalue weighted by molar-refractivity contribution is 7.80. The zero-order chi connectivity index (χ0) is 18.0. The number of hydrogen-bond acceptors (Lipinski definition) is 2. The average molecular weight is 392 g/mol. The summed E-state index contributed by atoms with van der Waals surface area (Å²) >= 11 is 17.9. The molecule has 0 spiro atoms. The highest BCUT2D eigenvalue weighted by Crippen LogP contribution is 2.36. The third-order valence-corrected chi connectivity index (χ3v) is 4.71. The summed E-state index contributed by atoms with van der Waals surface area (Å²) < 4.78 is 0. The Bertz CT molecular complexity index is 848. The molecule has 3 rings (SSSR count). The molecule has 2 aromatic rings. The van der Waals surface area contributed by atoms with Crippen molar-refractivity contribution in [3.8, 4) is 0 Å². The topological polar surface area (TPSA) is 53.2 Å². The number of carbonyl (C=O) groups is 1. The Kier molecular flexibility index (Phi) is 5.27. The molecule has 1 aliphatic heterocycles. The Morgan fingerprint density at radius 2 is 1.72 bits per heavy atom. The quantitative estimate of drug-likeness (QED) is 0.677. The molecule has 1 atom stereocenters. The van der Waals surface area contributed by atoms with Crippen molar-refractivity contribution in [2.45, 2.75) is 13.0 Å². The largest absolute Gasteiger partial charge is 0.351 e. The number of benzene rings is 2. The molecule has 25 heavy (non-hydrogen) atoms. The molecule has 0 saturated heterocycles. The van der Waals surface area contributed by atoms with Gasteiger partial charge in [0.1, 0.15) is 0 Å². The van der Waals surface area contributed by atoms with Crippen molar-refractivity contribution < 1.29 is 4.79 Å². The van der Waals surface area contributed by atoms with Crippen molar-refractivity contribution in [3.63, 3.8) is 0 Å². The summed E-state index contributed by atoms with van der Waals surface area (Å²) in [5.74, 6) is -0.257. The Morgan fingerprint density at radius 1 is 1.08 bits per heavy atom. The lowest BCUT2D eigenvalue weighted by Gasteiger charge is -2.31. The lowest BCUT2D eigenvalue weighted by atomic mass is 9.94. The number of hydrogen-bond donors (Lipinski definition) is 3. The van der Waals surface area contributed by atoms with Crippen LogP contribution in [0.5, 0.6) is 0 Å². The first kappa shape index (κ1) is 17.7. The van der Waals surface area contributed by atoms with Gasteiger partial charge in [-0.25, -0.2) is 0 Å². The first-order valence-corrected chi connectivity index (χ1v) is 8.72. The molecule has 3 N–H and O–H groups in total. The summed E-state index contributed by atoms with van der Waals surface area (Å²) in [5, 5.41) is 10.3. The van der Waals surface area contributed by atoms with Gasteiger partial charge >= 0.3 is 0 Å². The van der Waals surface area contributed by atoms with Crippen molar-refractivity contribution in [2.24, 2.45) is 0 Å². The van der Waals surface area contributed by atoms with Crippen LogP contribution in [-0.2, 0) is 4.79 Å². The van der Waals surface area contributed by atoms with E-state index in [1.54, 1.807) is 25.1 Å². The number of thiocarbonyl (C=S) groups is 1. The van der Waals surface area contributed by atoms with Crippen LogP contribution in [0.4, 0.5) is 5.69 Å². The average Bonchev–Trinajstić information content (AvgIpc) is 2.55.